The third-order valence-electron chi connectivity index (χ3n) is 4.74. The summed E-state index contributed by atoms with van der Waals surface area (Å²) in [6, 6.07) is 20.0. The van der Waals surface area contributed by atoms with E-state index >= 15 is 0 Å². The highest BCUT2D eigenvalue weighted by Crippen LogP contribution is 2.21. The molecule has 0 aliphatic carbocycles. The van der Waals surface area contributed by atoms with Crippen molar-refractivity contribution in [3.05, 3.63) is 94.5 Å². The quantitative estimate of drug-likeness (QED) is 0.654. The van der Waals surface area contributed by atoms with E-state index in [4.69, 9.17) is 4.74 Å². The van der Waals surface area contributed by atoms with Gasteiger partial charge in [0.05, 0.1) is 7.11 Å². The number of rotatable bonds is 6. The summed E-state index contributed by atoms with van der Waals surface area (Å²) in [4.78, 5) is 25.3. The van der Waals surface area contributed by atoms with Crippen LogP contribution in [0, 0.1) is 13.8 Å². The van der Waals surface area contributed by atoms with Crippen molar-refractivity contribution in [1.29, 1.82) is 0 Å². The van der Waals surface area contributed by atoms with E-state index in [2.05, 4.69) is 10.6 Å². The number of nitrogens with one attached hydrogen (secondary N) is 2. The van der Waals surface area contributed by atoms with Crippen LogP contribution in [0.5, 0.6) is 5.75 Å². The van der Waals surface area contributed by atoms with Gasteiger partial charge in [-0.05, 0) is 49.2 Å². The molecule has 5 heteroatoms. The smallest absolute Gasteiger partial charge is 0.255 e. The molecule has 0 bridgehead atoms. The molecule has 5 nitrogen and oxygen atoms in total. The summed E-state index contributed by atoms with van der Waals surface area (Å²) in [5, 5.41) is 5.82. The maximum atomic E-state index is 12.7. The van der Waals surface area contributed by atoms with Crippen LogP contribution in [0.2, 0.25) is 0 Å². The Morgan fingerprint density at radius 2 is 1.45 bits per heavy atom. The molecule has 3 aromatic carbocycles. The zero-order valence-corrected chi connectivity index (χ0v) is 16.8. The number of amides is 2. The van der Waals surface area contributed by atoms with E-state index in [0.717, 1.165) is 28.1 Å². The van der Waals surface area contributed by atoms with Crippen molar-refractivity contribution in [2.75, 3.05) is 12.4 Å². The fourth-order valence-corrected chi connectivity index (χ4v) is 3.13. The summed E-state index contributed by atoms with van der Waals surface area (Å²) in [5.41, 5.74) is 4.51. The lowest BCUT2D eigenvalue weighted by Crippen LogP contribution is -2.23. The second-order valence-electron chi connectivity index (χ2n) is 6.80. The van der Waals surface area contributed by atoms with E-state index in [1.165, 1.54) is 0 Å². The summed E-state index contributed by atoms with van der Waals surface area (Å²) >= 11 is 0. The number of methoxy groups -OCH3 is 1. The van der Waals surface area contributed by atoms with Crippen LogP contribution < -0.4 is 15.4 Å². The standard InChI is InChI=1S/C24H24N2O3/c1-16-8-6-9-17(2)22(16)26-24(28)19-12-7-11-18(14-19)23(27)25-15-20-10-4-5-13-21(20)29-3/h4-14H,15H2,1-3H3,(H,25,27)(H,26,28). The van der Waals surface area contributed by atoms with Crippen molar-refractivity contribution in [2.24, 2.45) is 0 Å². The first kappa shape index (κ1) is 20.1. The van der Waals surface area contributed by atoms with Gasteiger partial charge in [-0.2, -0.15) is 0 Å². The molecular formula is C24H24N2O3. The predicted molar refractivity (Wildman–Crippen MR) is 114 cm³/mol. The number of hydrogen-bond donors (Lipinski definition) is 2. The van der Waals surface area contributed by atoms with Gasteiger partial charge in [0.1, 0.15) is 5.75 Å². The zero-order chi connectivity index (χ0) is 20.8. The van der Waals surface area contributed by atoms with E-state index < -0.39 is 0 Å². The van der Waals surface area contributed by atoms with Crippen LogP contribution in [0.3, 0.4) is 0 Å². The molecule has 0 heterocycles. The van der Waals surface area contributed by atoms with Crippen LogP contribution in [0.1, 0.15) is 37.4 Å². The van der Waals surface area contributed by atoms with E-state index in [1.54, 1.807) is 31.4 Å². The zero-order valence-electron chi connectivity index (χ0n) is 16.8. The first-order chi connectivity index (χ1) is 14.0. The van der Waals surface area contributed by atoms with Gasteiger partial charge in [0.15, 0.2) is 0 Å². The van der Waals surface area contributed by atoms with Gasteiger partial charge in [-0.3, -0.25) is 9.59 Å². The fourth-order valence-electron chi connectivity index (χ4n) is 3.13. The Bertz CT molecular complexity index is 1020. The Balaban J connectivity index is 1.71. The lowest BCUT2D eigenvalue weighted by Gasteiger charge is -2.12. The third-order valence-corrected chi connectivity index (χ3v) is 4.74. The molecule has 3 rings (SSSR count). The summed E-state index contributed by atoms with van der Waals surface area (Å²) in [6.07, 6.45) is 0. The number of anilines is 1. The molecule has 2 N–H and O–H groups in total. The average Bonchev–Trinajstić information content (AvgIpc) is 2.74. The highest BCUT2D eigenvalue weighted by molar-refractivity contribution is 6.06. The SMILES string of the molecule is COc1ccccc1CNC(=O)c1cccc(C(=O)Nc2c(C)cccc2C)c1. The van der Waals surface area contributed by atoms with Crippen molar-refractivity contribution in [3.8, 4) is 5.75 Å². The number of ether oxygens (including phenoxy) is 1. The molecule has 0 fully saturated rings. The van der Waals surface area contributed by atoms with E-state index in [-0.39, 0.29) is 11.8 Å². The molecule has 148 valence electrons. The predicted octanol–water partition coefficient (Wildman–Crippen LogP) is 4.49. The molecule has 0 aliphatic heterocycles. The highest BCUT2D eigenvalue weighted by atomic mass is 16.5. The summed E-state index contributed by atoms with van der Waals surface area (Å²) in [7, 11) is 1.60. The number of carbonyl (C=O) groups is 2. The lowest BCUT2D eigenvalue weighted by atomic mass is 10.1. The summed E-state index contributed by atoms with van der Waals surface area (Å²) in [6.45, 7) is 4.23. The largest absolute Gasteiger partial charge is 0.496 e. The minimum absolute atomic E-state index is 0.248. The Hall–Kier alpha value is -3.60. The Morgan fingerprint density at radius 1 is 0.828 bits per heavy atom. The summed E-state index contributed by atoms with van der Waals surface area (Å²) < 4.78 is 5.31. The second-order valence-corrected chi connectivity index (χ2v) is 6.80. The van der Waals surface area contributed by atoms with E-state index in [9.17, 15) is 9.59 Å². The topological polar surface area (TPSA) is 67.4 Å². The molecule has 0 spiro atoms. The number of benzene rings is 3. The van der Waals surface area contributed by atoms with Crippen LogP contribution in [0.4, 0.5) is 5.69 Å². The Morgan fingerprint density at radius 3 is 2.14 bits per heavy atom. The third kappa shape index (κ3) is 4.82. The number of hydrogen-bond acceptors (Lipinski definition) is 3. The van der Waals surface area contributed by atoms with Crippen LogP contribution in [0.25, 0.3) is 0 Å². The molecule has 0 aliphatic rings. The van der Waals surface area contributed by atoms with Crippen molar-refractivity contribution >= 4 is 17.5 Å². The van der Waals surface area contributed by atoms with Gasteiger partial charge < -0.3 is 15.4 Å². The van der Waals surface area contributed by atoms with Crippen LogP contribution >= 0.6 is 0 Å². The normalized spacial score (nSPS) is 10.3. The molecule has 0 saturated carbocycles. The number of para-hydroxylation sites is 2. The van der Waals surface area contributed by atoms with Crippen LogP contribution in [-0.4, -0.2) is 18.9 Å². The van der Waals surface area contributed by atoms with Crippen molar-refractivity contribution < 1.29 is 14.3 Å². The van der Waals surface area contributed by atoms with Gasteiger partial charge in [0, 0.05) is 28.9 Å². The van der Waals surface area contributed by atoms with Gasteiger partial charge in [0.25, 0.3) is 11.8 Å². The molecule has 0 unspecified atom stereocenters. The van der Waals surface area contributed by atoms with Crippen molar-refractivity contribution in [3.63, 3.8) is 0 Å². The van der Waals surface area contributed by atoms with Gasteiger partial charge in [-0.1, -0.05) is 42.5 Å². The lowest BCUT2D eigenvalue weighted by molar-refractivity contribution is 0.0950. The maximum absolute atomic E-state index is 12.7. The molecule has 0 atom stereocenters. The minimum Gasteiger partial charge on any atom is -0.496 e. The minimum atomic E-state index is -0.252. The first-order valence-electron chi connectivity index (χ1n) is 9.37. The molecular weight excluding hydrogens is 364 g/mol. The molecule has 3 aromatic rings. The maximum Gasteiger partial charge on any atom is 0.255 e. The van der Waals surface area contributed by atoms with Gasteiger partial charge in [0.2, 0.25) is 0 Å². The second kappa shape index (κ2) is 9.06. The summed E-state index contributed by atoms with van der Waals surface area (Å²) in [5.74, 6) is 0.217. The first-order valence-corrected chi connectivity index (χ1v) is 9.37. The molecule has 29 heavy (non-hydrogen) atoms. The Labute approximate surface area is 170 Å². The van der Waals surface area contributed by atoms with Gasteiger partial charge >= 0.3 is 0 Å². The van der Waals surface area contributed by atoms with Gasteiger partial charge in [-0.15, -0.1) is 0 Å². The van der Waals surface area contributed by atoms with Crippen molar-refractivity contribution in [1.82, 2.24) is 5.32 Å². The molecule has 0 radical (unpaired) electrons. The monoisotopic (exact) mass is 388 g/mol. The van der Waals surface area contributed by atoms with Crippen LogP contribution in [0.15, 0.2) is 66.7 Å². The van der Waals surface area contributed by atoms with Crippen molar-refractivity contribution in [2.45, 2.75) is 20.4 Å². The molecule has 0 aromatic heterocycles. The Kier molecular flexibility index (Phi) is 6.29. The number of aryl methyl sites for hydroxylation is 2. The average molecular weight is 388 g/mol. The number of carbonyl (C=O) groups excluding carboxylic acids is 2. The molecule has 2 amide bonds. The highest BCUT2D eigenvalue weighted by Gasteiger charge is 2.13. The van der Waals surface area contributed by atoms with E-state index in [0.29, 0.717) is 17.7 Å². The van der Waals surface area contributed by atoms with Gasteiger partial charge in [-0.25, -0.2) is 0 Å². The fraction of sp³-hybridized carbons (Fsp3) is 0.167. The van der Waals surface area contributed by atoms with E-state index in [1.807, 2.05) is 56.3 Å². The molecule has 0 saturated heterocycles. The van der Waals surface area contributed by atoms with Crippen LogP contribution in [-0.2, 0) is 6.54 Å².